The molecule has 1 unspecified atom stereocenters. The van der Waals surface area contributed by atoms with Crippen LogP contribution in [0.2, 0.25) is 0 Å². The number of nitrogens with one attached hydrogen (secondary N) is 1. The molecule has 4 nitrogen and oxygen atoms in total. The van der Waals surface area contributed by atoms with Crippen molar-refractivity contribution in [2.75, 3.05) is 26.3 Å². The maximum Gasteiger partial charge on any atom is 0.161 e. The maximum absolute atomic E-state index is 5.83. The van der Waals surface area contributed by atoms with E-state index in [-0.39, 0.29) is 6.04 Å². The molecule has 2 rings (SSSR count). The van der Waals surface area contributed by atoms with E-state index in [4.69, 9.17) is 15.2 Å². The highest BCUT2D eigenvalue weighted by Gasteiger charge is 2.14. The normalized spacial score (nSPS) is 15.6. The Bertz CT molecular complexity index is 421. The van der Waals surface area contributed by atoms with Gasteiger partial charge < -0.3 is 20.5 Å². The maximum atomic E-state index is 5.83. The lowest BCUT2D eigenvalue weighted by Crippen LogP contribution is -2.28. The molecule has 1 aromatic carbocycles. The minimum Gasteiger partial charge on any atom is -0.490 e. The first-order chi connectivity index (χ1) is 9.35. The van der Waals surface area contributed by atoms with Gasteiger partial charge in [0, 0.05) is 19.0 Å². The Morgan fingerprint density at radius 1 is 1.32 bits per heavy atom. The van der Waals surface area contributed by atoms with Gasteiger partial charge in [-0.05, 0) is 30.7 Å². The number of ether oxygens (including phenoxy) is 2. The SMILES string of the molecule is C=CCCNC(CN)c1ccc2c(c1)OCCCO2. The molecule has 0 aliphatic carbocycles. The molecule has 0 spiro atoms. The van der Waals surface area contributed by atoms with Crippen molar-refractivity contribution in [1.82, 2.24) is 5.32 Å². The standard InChI is InChI=1S/C15H22N2O2/c1-2-3-7-17-13(11-16)12-5-6-14-15(10-12)19-9-4-8-18-14/h2,5-6,10,13,17H,1,3-4,7-9,11,16H2. The number of nitrogens with two attached hydrogens (primary N) is 1. The lowest BCUT2D eigenvalue weighted by Gasteiger charge is -2.18. The molecule has 0 bridgehead atoms. The number of hydrogen-bond acceptors (Lipinski definition) is 4. The molecule has 0 saturated heterocycles. The fraction of sp³-hybridized carbons (Fsp3) is 0.467. The molecule has 1 aliphatic heterocycles. The predicted molar refractivity (Wildman–Crippen MR) is 76.7 cm³/mol. The zero-order valence-corrected chi connectivity index (χ0v) is 11.2. The summed E-state index contributed by atoms with van der Waals surface area (Å²) in [6.07, 6.45) is 3.75. The lowest BCUT2D eigenvalue weighted by atomic mass is 10.1. The molecular weight excluding hydrogens is 240 g/mol. The number of benzene rings is 1. The van der Waals surface area contributed by atoms with Crippen LogP contribution in [0.3, 0.4) is 0 Å². The van der Waals surface area contributed by atoms with Crippen LogP contribution in [0.1, 0.15) is 24.4 Å². The summed E-state index contributed by atoms with van der Waals surface area (Å²) in [7, 11) is 0. The van der Waals surface area contributed by atoms with Crippen molar-refractivity contribution >= 4 is 0 Å². The van der Waals surface area contributed by atoms with Gasteiger partial charge in [-0.2, -0.15) is 0 Å². The Kier molecular flexibility index (Phi) is 5.24. The van der Waals surface area contributed by atoms with E-state index in [0.29, 0.717) is 19.8 Å². The van der Waals surface area contributed by atoms with E-state index in [2.05, 4.69) is 11.9 Å². The van der Waals surface area contributed by atoms with Crippen LogP contribution in [-0.4, -0.2) is 26.3 Å². The van der Waals surface area contributed by atoms with Crippen LogP contribution in [0.25, 0.3) is 0 Å². The second-order valence-corrected chi connectivity index (χ2v) is 4.58. The third-order valence-corrected chi connectivity index (χ3v) is 3.15. The van der Waals surface area contributed by atoms with Crippen molar-refractivity contribution in [2.24, 2.45) is 5.73 Å². The van der Waals surface area contributed by atoms with Gasteiger partial charge in [0.15, 0.2) is 11.5 Å². The largest absolute Gasteiger partial charge is 0.490 e. The summed E-state index contributed by atoms with van der Waals surface area (Å²) in [6, 6.07) is 6.18. The summed E-state index contributed by atoms with van der Waals surface area (Å²) in [6.45, 7) is 6.56. The quantitative estimate of drug-likeness (QED) is 0.608. The van der Waals surface area contributed by atoms with Crippen molar-refractivity contribution in [1.29, 1.82) is 0 Å². The van der Waals surface area contributed by atoms with Crippen LogP contribution in [0.5, 0.6) is 11.5 Å². The monoisotopic (exact) mass is 262 g/mol. The average Bonchev–Trinajstić information content (AvgIpc) is 2.68. The summed E-state index contributed by atoms with van der Waals surface area (Å²) in [5.74, 6) is 1.64. The third-order valence-electron chi connectivity index (χ3n) is 3.15. The van der Waals surface area contributed by atoms with Crippen LogP contribution in [-0.2, 0) is 0 Å². The van der Waals surface area contributed by atoms with Crippen LogP contribution in [0.15, 0.2) is 30.9 Å². The van der Waals surface area contributed by atoms with E-state index >= 15 is 0 Å². The van der Waals surface area contributed by atoms with Gasteiger partial charge >= 0.3 is 0 Å². The first-order valence-corrected chi connectivity index (χ1v) is 6.79. The molecule has 0 radical (unpaired) electrons. The van der Waals surface area contributed by atoms with Crippen LogP contribution in [0, 0.1) is 0 Å². The highest BCUT2D eigenvalue weighted by molar-refractivity contribution is 5.44. The molecule has 0 fully saturated rings. The molecule has 0 amide bonds. The van der Waals surface area contributed by atoms with Gasteiger partial charge in [0.1, 0.15) is 0 Å². The summed E-state index contributed by atoms with van der Waals surface area (Å²) in [5, 5.41) is 3.42. The Hall–Kier alpha value is -1.52. The number of fused-ring (bicyclic) bond motifs is 1. The van der Waals surface area contributed by atoms with Crippen molar-refractivity contribution in [3.8, 4) is 11.5 Å². The smallest absolute Gasteiger partial charge is 0.161 e. The second kappa shape index (κ2) is 7.16. The van der Waals surface area contributed by atoms with E-state index in [1.165, 1.54) is 0 Å². The van der Waals surface area contributed by atoms with Gasteiger partial charge in [-0.15, -0.1) is 6.58 Å². The summed E-state index contributed by atoms with van der Waals surface area (Å²) >= 11 is 0. The molecule has 19 heavy (non-hydrogen) atoms. The molecule has 1 atom stereocenters. The topological polar surface area (TPSA) is 56.5 Å². The Morgan fingerprint density at radius 2 is 2.11 bits per heavy atom. The van der Waals surface area contributed by atoms with Crippen molar-refractivity contribution in [3.63, 3.8) is 0 Å². The minimum atomic E-state index is 0.136. The Labute approximate surface area is 114 Å². The van der Waals surface area contributed by atoms with E-state index in [1.807, 2.05) is 24.3 Å². The first kappa shape index (κ1) is 13.9. The van der Waals surface area contributed by atoms with Crippen molar-refractivity contribution < 1.29 is 9.47 Å². The molecule has 3 N–H and O–H groups in total. The van der Waals surface area contributed by atoms with E-state index < -0.39 is 0 Å². The predicted octanol–water partition coefficient (Wildman–Crippen LogP) is 2.01. The van der Waals surface area contributed by atoms with Crippen molar-refractivity contribution in [3.05, 3.63) is 36.4 Å². The zero-order valence-electron chi connectivity index (χ0n) is 11.2. The molecule has 104 valence electrons. The third kappa shape index (κ3) is 3.72. The molecular formula is C15H22N2O2. The van der Waals surface area contributed by atoms with Gasteiger partial charge in [0.05, 0.1) is 13.2 Å². The molecule has 1 aliphatic rings. The highest BCUT2D eigenvalue weighted by atomic mass is 16.5. The van der Waals surface area contributed by atoms with E-state index in [1.54, 1.807) is 0 Å². The summed E-state index contributed by atoms with van der Waals surface area (Å²) in [5.41, 5.74) is 6.97. The number of rotatable bonds is 6. The average molecular weight is 262 g/mol. The Morgan fingerprint density at radius 3 is 2.84 bits per heavy atom. The first-order valence-electron chi connectivity index (χ1n) is 6.79. The minimum absolute atomic E-state index is 0.136. The van der Waals surface area contributed by atoms with Gasteiger partial charge in [0.25, 0.3) is 0 Å². The van der Waals surface area contributed by atoms with Crippen LogP contribution in [0.4, 0.5) is 0 Å². The zero-order chi connectivity index (χ0) is 13.5. The molecule has 1 aromatic rings. The summed E-state index contributed by atoms with van der Waals surface area (Å²) in [4.78, 5) is 0. The van der Waals surface area contributed by atoms with Gasteiger partial charge in [-0.3, -0.25) is 0 Å². The van der Waals surface area contributed by atoms with Crippen LogP contribution >= 0.6 is 0 Å². The van der Waals surface area contributed by atoms with Gasteiger partial charge in [0.2, 0.25) is 0 Å². The fourth-order valence-electron chi connectivity index (χ4n) is 2.09. The molecule has 1 heterocycles. The van der Waals surface area contributed by atoms with E-state index in [9.17, 15) is 0 Å². The lowest BCUT2D eigenvalue weighted by molar-refractivity contribution is 0.297. The summed E-state index contributed by atoms with van der Waals surface area (Å²) < 4.78 is 11.3. The Balaban J connectivity index is 2.09. The molecule has 0 aromatic heterocycles. The molecule has 0 saturated carbocycles. The number of hydrogen-bond donors (Lipinski definition) is 2. The van der Waals surface area contributed by atoms with Crippen LogP contribution < -0.4 is 20.5 Å². The highest BCUT2D eigenvalue weighted by Crippen LogP contribution is 2.32. The van der Waals surface area contributed by atoms with Gasteiger partial charge in [-0.25, -0.2) is 0 Å². The molecule has 4 heteroatoms. The second-order valence-electron chi connectivity index (χ2n) is 4.58. The fourth-order valence-corrected chi connectivity index (χ4v) is 2.09. The van der Waals surface area contributed by atoms with E-state index in [0.717, 1.165) is 36.4 Å². The van der Waals surface area contributed by atoms with Gasteiger partial charge in [-0.1, -0.05) is 12.1 Å². The van der Waals surface area contributed by atoms with Crippen molar-refractivity contribution in [2.45, 2.75) is 18.9 Å².